The van der Waals surface area contributed by atoms with Crippen LogP contribution in [0.1, 0.15) is 22.3 Å². The predicted octanol–water partition coefficient (Wildman–Crippen LogP) is 3.93. The summed E-state index contributed by atoms with van der Waals surface area (Å²) in [4.78, 5) is 0. The van der Waals surface area contributed by atoms with Crippen molar-refractivity contribution in [3.05, 3.63) is 63.1 Å². The highest BCUT2D eigenvalue weighted by Gasteiger charge is 2.05. The first-order valence-corrected chi connectivity index (χ1v) is 7.09. The van der Waals surface area contributed by atoms with Gasteiger partial charge in [-0.3, -0.25) is 5.41 Å². The van der Waals surface area contributed by atoms with Gasteiger partial charge in [-0.25, -0.2) is 0 Å². The summed E-state index contributed by atoms with van der Waals surface area (Å²) in [6.45, 7) is 4.52. The summed E-state index contributed by atoms with van der Waals surface area (Å²) >= 11 is 3.44. The van der Waals surface area contributed by atoms with Crippen molar-refractivity contribution in [2.75, 3.05) is 0 Å². The summed E-state index contributed by atoms with van der Waals surface area (Å²) < 4.78 is 6.87. The number of nitrogens with one attached hydrogen (secondary N) is 1. The highest BCUT2D eigenvalue weighted by molar-refractivity contribution is 9.10. The highest BCUT2D eigenvalue weighted by Crippen LogP contribution is 2.24. The first kappa shape index (κ1) is 14.6. The molecule has 2 rings (SSSR count). The van der Waals surface area contributed by atoms with Crippen LogP contribution in [0.3, 0.4) is 0 Å². The van der Waals surface area contributed by atoms with Crippen LogP contribution in [-0.2, 0) is 6.61 Å². The lowest BCUT2D eigenvalue weighted by Gasteiger charge is -2.12. The average Bonchev–Trinajstić information content (AvgIpc) is 2.40. The zero-order chi connectivity index (χ0) is 14.7. The largest absolute Gasteiger partial charge is 0.489 e. The number of rotatable bonds is 4. The zero-order valence-electron chi connectivity index (χ0n) is 11.5. The highest BCUT2D eigenvalue weighted by atomic mass is 79.9. The van der Waals surface area contributed by atoms with E-state index in [0.29, 0.717) is 6.61 Å². The SMILES string of the molecule is Cc1cc(C(=N)N)ccc1COc1cc(Br)ccc1C. The molecule has 0 aromatic heterocycles. The molecular formula is C16H17BrN2O. The number of aryl methyl sites for hydroxylation is 2. The van der Waals surface area contributed by atoms with E-state index in [1.54, 1.807) is 0 Å². The van der Waals surface area contributed by atoms with E-state index in [2.05, 4.69) is 15.9 Å². The molecule has 0 atom stereocenters. The van der Waals surface area contributed by atoms with Crippen molar-refractivity contribution < 1.29 is 4.74 Å². The Morgan fingerprint density at radius 2 is 1.90 bits per heavy atom. The van der Waals surface area contributed by atoms with Crippen LogP contribution in [0, 0.1) is 19.3 Å². The van der Waals surface area contributed by atoms with Gasteiger partial charge in [0, 0.05) is 10.0 Å². The Kier molecular flexibility index (Phi) is 4.45. The Bertz CT molecular complexity index is 653. The van der Waals surface area contributed by atoms with Crippen molar-refractivity contribution in [2.45, 2.75) is 20.5 Å². The first-order valence-electron chi connectivity index (χ1n) is 6.30. The minimum atomic E-state index is 0.0865. The minimum Gasteiger partial charge on any atom is -0.489 e. The second kappa shape index (κ2) is 6.09. The van der Waals surface area contributed by atoms with Gasteiger partial charge in [-0.15, -0.1) is 0 Å². The van der Waals surface area contributed by atoms with Crippen LogP contribution in [0.5, 0.6) is 5.75 Å². The molecule has 0 heterocycles. The van der Waals surface area contributed by atoms with Crippen LogP contribution in [0.2, 0.25) is 0 Å². The fourth-order valence-electron chi connectivity index (χ4n) is 1.91. The molecule has 2 aromatic rings. The number of hydrogen-bond acceptors (Lipinski definition) is 2. The fourth-order valence-corrected chi connectivity index (χ4v) is 2.25. The summed E-state index contributed by atoms with van der Waals surface area (Å²) in [5, 5.41) is 7.43. The third kappa shape index (κ3) is 3.39. The maximum absolute atomic E-state index is 7.43. The van der Waals surface area contributed by atoms with Crippen LogP contribution < -0.4 is 10.5 Å². The molecule has 2 aromatic carbocycles. The Balaban J connectivity index is 2.15. The van der Waals surface area contributed by atoms with Gasteiger partial charge >= 0.3 is 0 Å². The molecule has 20 heavy (non-hydrogen) atoms. The van der Waals surface area contributed by atoms with Crippen LogP contribution in [-0.4, -0.2) is 5.84 Å². The van der Waals surface area contributed by atoms with E-state index < -0.39 is 0 Å². The van der Waals surface area contributed by atoms with Gasteiger partial charge in [-0.1, -0.05) is 34.1 Å². The monoisotopic (exact) mass is 332 g/mol. The van der Waals surface area contributed by atoms with Crippen molar-refractivity contribution in [2.24, 2.45) is 5.73 Å². The molecule has 0 aliphatic rings. The predicted molar refractivity (Wildman–Crippen MR) is 85.4 cm³/mol. The molecule has 104 valence electrons. The molecule has 0 radical (unpaired) electrons. The number of hydrogen-bond donors (Lipinski definition) is 2. The molecule has 0 aliphatic carbocycles. The van der Waals surface area contributed by atoms with E-state index in [9.17, 15) is 0 Å². The van der Waals surface area contributed by atoms with E-state index in [1.807, 2.05) is 50.2 Å². The van der Waals surface area contributed by atoms with Crippen molar-refractivity contribution in [3.8, 4) is 5.75 Å². The zero-order valence-corrected chi connectivity index (χ0v) is 13.1. The molecule has 0 saturated heterocycles. The smallest absolute Gasteiger partial charge is 0.123 e. The number of benzene rings is 2. The maximum Gasteiger partial charge on any atom is 0.123 e. The molecule has 0 aliphatic heterocycles. The van der Waals surface area contributed by atoms with Gasteiger partial charge in [0.25, 0.3) is 0 Å². The lowest BCUT2D eigenvalue weighted by molar-refractivity contribution is 0.303. The standard InChI is InChI=1S/C16H17BrN2O/c1-10-3-6-14(17)8-15(10)20-9-13-5-4-12(16(18)19)7-11(13)2/h3-8H,9H2,1-2H3,(H3,18,19). The van der Waals surface area contributed by atoms with Gasteiger partial charge in [0.05, 0.1) is 0 Å². The minimum absolute atomic E-state index is 0.0865. The van der Waals surface area contributed by atoms with Gasteiger partial charge in [0.1, 0.15) is 18.2 Å². The molecule has 0 unspecified atom stereocenters. The molecule has 0 amide bonds. The number of ether oxygens (including phenoxy) is 1. The third-order valence-corrected chi connectivity index (χ3v) is 3.68. The molecule has 0 saturated carbocycles. The fraction of sp³-hybridized carbons (Fsp3) is 0.188. The lowest BCUT2D eigenvalue weighted by atomic mass is 10.1. The first-order chi connectivity index (χ1) is 9.47. The van der Waals surface area contributed by atoms with Crippen molar-refractivity contribution in [3.63, 3.8) is 0 Å². The average molecular weight is 333 g/mol. The second-order valence-corrected chi connectivity index (χ2v) is 5.67. The van der Waals surface area contributed by atoms with Crippen molar-refractivity contribution in [1.82, 2.24) is 0 Å². The van der Waals surface area contributed by atoms with E-state index in [-0.39, 0.29) is 5.84 Å². The molecule has 0 spiro atoms. The summed E-state index contributed by atoms with van der Waals surface area (Å²) in [6, 6.07) is 11.7. The van der Waals surface area contributed by atoms with Crippen LogP contribution in [0.15, 0.2) is 40.9 Å². The van der Waals surface area contributed by atoms with Crippen molar-refractivity contribution in [1.29, 1.82) is 5.41 Å². The van der Waals surface area contributed by atoms with E-state index >= 15 is 0 Å². The number of amidine groups is 1. The topological polar surface area (TPSA) is 59.1 Å². The second-order valence-electron chi connectivity index (χ2n) is 4.75. The molecular weight excluding hydrogens is 316 g/mol. The number of nitrogens with two attached hydrogens (primary N) is 1. The maximum atomic E-state index is 7.43. The van der Waals surface area contributed by atoms with E-state index in [0.717, 1.165) is 32.5 Å². The number of halogens is 1. The van der Waals surface area contributed by atoms with Gasteiger partial charge in [-0.2, -0.15) is 0 Å². The Morgan fingerprint density at radius 1 is 1.15 bits per heavy atom. The third-order valence-electron chi connectivity index (χ3n) is 3.19. The Labute approximate surface area is 127 Å². The molecule has 4 heteroatoms. The van der Waals surface area contributed by atoms with E-state index in [1.165, 1.54) is 0 Å². The van der Waals surface area contributed by atoms with E-state index in [4.69, 9.17) is 15.9 Å². The number of nitrogen functional groups attached to an aromatic ring is 1. The molecule has 0 bridgehead atoms. The summed E-state index contributed by atoms with van der Waals surface area (Å²) in [5.74, 6) is 0.956. The Morgan fingerprint density at radius 3 is 2.55 bits per heavy atom. The quantitative estimate of drug-likeness (QED) is 0.658. The molecule has 3 nitrogen and oxygen atoms in total. The molecule has 0 fully saturated rings. The lowest BCUT2D eigenvalue weighted by Crippen LogP contribution is -2.11. The van der Waals surface area contributed by atoms with Crippen molar-refractivity contribution >= 4 is 21.8 Å². The van der Waals surface area contributed by atoms with Crippen LogP contribution in [0.4, 0.5) is 0 Å². The van der Waals surface area contributed by atoms with Gasteiger partial charge in [-0.05, 0) is 48.7 Å². The van der Waals surface area contributed by atoms with Gasteiger partial charge in [0.2, 0.25) is 0 Å². The van der Waals surface area contributed by atoms with Crippen LogP contribution >= 0.6 is 15.9 Å². The molecule has 3 N–H and O–H groups in total. The van der Waals surface area contributed by atoms with Gasteiger partial charge in [0.15, 0.2) is 0 Å². The normalized spacial score (nSPS) is 10.3. The Hall–Kier alpha value is -1.81. The van der Waals surface area contributed by atoms with Gasteiger partial charge < -0.3 is 10.5 Å². The summed E-state index contributed by atoms with van der Waals surface area (Å²) in [7, 11) is 0. The summed E-state index contributed by atoms with van der Waals surface area (Å²) in [6.07, 6.45) is 0. The van der Waals surface area contributed by atoms with Crippen LogP contribution in [0.25, 0.3) is 0 Å². The summed E-state index contributed by atoms with van der Waals surface area (Å²) in [5.41, 5.74) is 9.49.